The molecule has 3 rings (SSSR count). The number of carbonyl (C=O) groups excluding carboxylic acids is 1. The van der Waals surface area contributed by atoms with Gasteiger partial charge in [-0.1, -0.05) is 60.7 Å². The first kappa shape index (κ1) is 24.6. The van der Waals surface area contributed by atoms with Crippen molar-refractivity contribution in [3.8, 4) is 11.5 Å². The summed E-state index contributed by atoms with van der Waals surface area (Å²) in [6, 6.07) is 22.7. The average molecular weight is 464 g/mol. The van der Waals surface area contributed by atoms with Crippen LogP contribution in [0, 0.1) is 0 Å². The second kappa shape index (κ2) is 11.2. The number of carbonyl (C=O) groups is 2. The molecule has 7 heteroatoms. The fraction of sp³-hybridized carbons (Fsp3) is 0.259. The Labute approximate surface area is 199 Å². The molecule has 0 fully saturated rings. The average Bonchev–Trinajstić information content (AvgIpc) is 2.80. The highest BCUT2D eigenvalue weighted by molar-refractivity contribution is 5.81. The Bertz CT molecular complexity index is 1030. The molecule has 1 atom stereocenters. The Balaban J connectivity index is 1.85. The standard InChI is InChI=1S/C27H29NO6/c1-27(2,3)34-26(31)28-24(25(29)30)21-14-22(32-17-19-10-6-4-7-11-19)16-23(15-21)33-18-20-12-8-5-9-13-20/h4-16,24H,17-18H2,1-3H3,(H,28,31)(H,29,30)/t24-/m1/s1. The largest absolute Gasteiger partial charge is 0.489 e. The van der Waals surface area contributed by atoms with E-state index in [0.717, 1.165) is 11.1 Å². The Kier molecular flexibility index (Phi) is 8.14. The van der Waals surface area contributed by atoms with Gasteiger partial charge in [0.1, 0.15) is 30.3 Å². The molecule has 0 radical (unpaired) electrons. The first-order chi connectivity index (χ1) is 16.2. The summed E-state index contributed by atoms with van der Waals surface area (Å²) in [6.45, 7) is 5.70. The molecule has 1 amide bonds. The number of nitrogens with one attached hydrogen (secondary N) is 1. The van der Waals surface area contributed by atoms with Crippen molar-refractivity contribution in [2.24, 2.45) is 0 Å². The smallest absolute Gasteiger partial charge is 0.408 e. The lowest BCUT2D eigenvalue weighted by molar-refractivity contribution is -0.139. The highest BCUT2D eigenvalue weighted by Gasteiger charge is 2.26. The van der Waals surface area contributed by atoms with E-state index in [4.69, 9.17) is 14.2 Å². The van der Waals surface area contributed by atoms with Crippen LogP contribution in [0.2, 0.25) is 0 Å². The van der Waals surface area contributed by atoms with Crippen molar-refractivity contribution in [1.82, 2.24) is 5.32 Å². The highest BCUT2D eigenvalue weighted by Crippen LogP contribution is 2.29. The van der Waals surface area contributed by atoms with Crippen LogP contribution >= 0.6 is 0 Å². The lowest BCUT2D eigenvalue weighted by Crippen LogP contribution is -2.38. The number of hydrogen-bond acceptors (Lipinski definition) is 5. The van der Waals surface area contributed by atoms with Gasteiger partial charge in [-0.3, -0.25) is 0 Å². The molecule has 3 aromatic carbocycles. The molecular weight excluding hydrogens is 434 g/mol. The fourth-order valence-corrected chi connectivity index (χ4v) is 3.12. The first-order valence-electron chi connectivity index (χ1n) is 10.9. The normalized spacial score (nSPS) is 11.9. The van der Waals surface area contributed by atoms with Gasteiger partial charge in [-0.05, 0) is 49.6 Å². The zero-order chi connectivity index (χ0) is 24.6. The highest BCUT2D eigenvalue weighted by atomic mass is 16.6. The molecule has 0 saturated carbocycles. The van der Waals surface area contributed by atoms with Crippen LogP contribution in [0.5, 0.6) is 11.5 Å². The number of aliphatic carboxylic acids is 1. The van der Waals surface area contributed by atoms with E-state index in [1.54, 1.807) is 39.0 Å². The molecule has 0 aliphatic heterocycles. The quantitative estimate of drug-likeness (QED) is 0.435. The van der Waals surface area contributed by atoms with Crippen LogP contribution in [-0.4, -0.2) is 22.8 Å². The van der Waals surface area contributed by atoms with Crippen LogP contribution < -0.4 is 14.8 Å². The predicted molar refractivity (Wildman–Crippen MR) is 128 cm³/mol. The molecule has 0 unspecified atom stereocenters. The van der Waals surface area contributed by atoms with Gasteiger partial charge in [0.15, 0.2) is 6.04 Å². The van der Waals surface area contributed by atoms with Gasteiger partial charge >= 0.3 is 12.1 Å². The van der Waals surface area contributed by atoms with Gasteiger partial charge in [-0.15, -0.1) is 0 Å². The minimum absolute atomic E-state index is 0.291. The molecule has 0 heterocycles. The van der Waals surface area contributed by atoms with E-state index in [-0.39, 0.29) is 0 Å². The number of carboxylic acid groups (broad SMARTS) is 1. The molecule has 34 heavy (non-hydrogen) atoms. The number of ether oxygens (including phenoxy) is 3. The minimum Gasteiger partial charge on any atom is -0.489 e. The molecule has 178 valence electrons. The third-order valence-corrected chi connectivity index (χ3v) is 4.64. The van der Waals surface area contributed by atoms with E-state index in [0.29, 0.717) is 30.3 Å². The van der Waals surface area contributed by atoms with E-state index >= 15 is 0 Å². The van der Waals surface area contributed by atoms with Crippen LogP contribution in [0.1, 0.15) is 43.5 Å². The van der Waals surface area contributed by atoms with Gasteiger partial charge < -0.3 is 24.6 Å². The Morgan fingerprint density at radius 3 is 1.71 bits per heavy atom. The van der Waals surface area contributed by atoms with Crippen molar-refractivity contribution in [3.63, 3.8) is 0 Å². The topological polar surface area (TPSA) is 94.1 Å². The SMILES string of the molecule is CC(C)(C)OC(=O)N[C@@H](C(=O)O)c1cc(OCc2ccccc2)cc(OCc2ccccc2)c1. The summed E-state index contributed by atoms with van der Waals surface area (Å²) in [5.41, 5.74) is 1.45. The zero-order valence-corrected chi connectivity index (χ0v) is 19.5. The minimum atomic E-state index is -1.35. The molecule has 2 N–H and O–H groups in total. The van der Waals surface area contributed by atoms with Crippen molar-refractivity contribution >= 4 is 12.1 Å². The van der Waals surface area contributed by atoms with Crippen LogP contribution in [-0.2, 0) is 22.7 Å². The Hall–Kier alpha value is -4.00. The van der Waals surface area contributed by atoms with Gasteiger partial charge in [0.05, 0.1) is 0 Å². The number of rotatable bonds is 9. The van der Waals surface area contributed by atoms with Crippen molar-refractivity contribution in [3.05, 3.63) is 95.6 Å². The van der Waals surface area contributed by atoms with E-state index < -0.39 is 23.7 Å². The molecule has 0 saturated heterocycles. The maximum atomic E-state index is 12.3. The van der Waals surface area contributed by atoms with E-state index in [1.807, 2.05) is 60.7 Å². The van der Waals surface area contributed by atoms with Crippen molar-refractivity contribution in [1.29, 1.82) is 0 Å². The molecule has 0 spiro atoms. The summed E-state index contributed by atoms with van der Waals surface area (Å²) < 4.78 is 17.1. The number of hydrogen-bond donors (Lipinski definition) is 2. The maximum absolute atomic E-state index is 12.3. The number of alkyl carbamates (subject to hydrolysis) is 1. The molecule has 0 aliphatic rings. The fourth-order valence-electron chi connectivity index (χ4n) is 3.12. The van der Waals surface area contributed by atoms with Gasteiger partial charge in [-0.25, -0.2) is 9.59 Å². The molecule has 0 bridgehead atoms. The summed E-state index contributed by atoms with van der Waals surface area (Å²) in [4.78, 5) is 24.3. The predicted octanol–water partition coefficient (Wildman–Crippen LogP) is 5.50. The lowest BCUT2D eigenvalue weighted by atomic mass is 10.1. The molecular formula is C27H29NO6. The van der Waals surface area contributed by atoms with E-state index in [1.165, 1.54) is 0 Å². The molecule has 3 aromatic rings. The lowest BCUT2D eigenvalue weighted by Gasteiger charge is -2.22. The number of amides is 1. The summed E-state index contributed by atoms with van der Waals surface area (Å²) in [7, 11) is 0. The van der Waals surface area contributed by atoms with Crippen LogP contribution in [0.25, 0.3) is 0 Å². The third kappa shape index (κ3) is 7.85. The summed E-state index contributed by atoms with van der Waals surface area (Å²) >= 11 is 0. The van der Waals surface area contributed by atoms with Crippen LogP contribution in [0.4, 0.5) is 4.79 Å². The Morgan fingerprint density at radius 2 is 1.29 bits per heavy atom. The van der Waals surface area contributed by atoms with Crippen molar-refractivity contribution < 1.29 is 28.9 Å². The maximum Gasteiger partial charge on any atom is 0.408 e. The molecule has 0 aromatic heterocycles. The van der Waals surface area contributed by atoms with E-state index in [9.17, 15) is 14.7 Å². The van der Waals surface area contributed by atoms with Crippen molar-refractivity contribution in [2.75, 3.05) is 0 Å². The zero-order valence-electron chi connectivity index (χ0n) is 19.5. The van der Waals surface area contributed by atoms with Crippen molar-refractivity contribution in [2.45, 2.75) is 45.6 Å². The van der Waals surface area contributed by atoms with Crippen LogP contribution in [0.15, 0.2) is 78.9 Å². The van der Waals surface area contributed by atoms with Gasteiger partial charge in [0.25, 0.3) is 0 Å². The van der Waals surface area contributed by atoms with Gasteiger partial charge in [0, 0.05) is 6.07 Å². The first-order valence-corrected chi connectivity index (χ1v) is 10.9. The molecule has 7 nitrogen and oxygen atoms in total. The monoisotopic (exact) mass is 463 g/mol. The number of benzene rings is 3. The number of carboxylic acids is 1. The van der Waals surface area contributed by atoms with Crippen LogP contribution in [0.3, 0.4) is 0 Å². The summed E-state index contributed by atoms with van der Waals surface area (Å²) in [5, 5.41) is 12.2. The summed E-state index contributed by atoms with van der Waals surface area (Å²) in [5.74, 6) is -0.400. The van der Waals surface area contributed by atoms with Gasteiger partial charge in [-0.2, -0.15) is 0 Å². The molecule has 0 aliphatic carbocycles. The summed E-state index contributed by atoms with van der Waals surface area (Å²) in [6.07, 6.45) is -0.831. The third-order valence-electron chi connectivity index (χ3n) is 4.64. The van der Waals surface area contributed by atoms with E-state index in [2.05, 4.69) is 5.32 Å². The second-order valence-electron chi connectivity index (χ2n) is 8.70. The Morgan fingerprint density at radius 1 is 0.824 bits per heavy atom. The van der Waals surface area contributed by atoms with Gasteiger partial charge in [0.2, 0.25) is 0 Å². The second-order valence-corrected chi connectivity index (χ2v) is 8.70.